The number of amides is 1. The molecule has 2 rings (SSSR count). The first-order valence-corrected chi connectivity index (χ1v) is 4.86. The number of hydrogen-bond donors (Lipinski definition) is 1. The number of nitrogens with one attached hydrogen (secondary N) is 1. The molecule has 1 N–H and O–H groups in total. The third kappa shape index (κ3) is 1.96. The van der Waals surface area contributed by atoms with Gasteiger partial charge in [0.05, 0.1) is 19.8 Å². The van der Waals surface area contributed by atoms with Crippen molar-refractivity contribution >= 4 is 5.91 Å². The molecule has 1 atom stereocenters. The summed E-state index contributed by atoms with van der Waals surface area (Å²) >= 11 is 0. The van der Waals surface area contributed by atoms with E-state index in [-0.39, 0.29) is 5.91 Å². The highest BCUT2D eigenvalue weighted by atomic mass is 16.5. The van der Waals surface area contributed by atoms with Crippen LogP contribution >= 0.6 is 0 Å². The second-order valence-electron chi connectivity index (χ2n) is 3.67. The summed E-state index contributed by atoms with van der Waals surface area (Å²) in [5, 5.41) is 11.7. The number of morpholine rings is 1. The monoisotopic (exact) mass is 195 g/mol. The normalized spacial score (nSPS) is 26.8. The van der Waals surface area contributed by atoms with Gasteiger partial charge < -0.3 is 10.1 Å². The Morgan fingerprint density at radius 1 is 1.57 bits per heavy atom. The second kappa shape index (κ2) is 3.84. The lowest BCUT2D eigenvalue weighted by molar-refractivity contribution is -0.130. The van der Waals surface area contributed by atoms with Crippen LogP contribution in [0.25, 0.3) is 0 Å². The van der Waals surface area contributed by atoms with Gasteiger partial charge in [-0.2, -0.15) is 5.26 Å². The highest BCUT2D eigenvalue weighted by molar-refractivity contribution is 5.82. The standard InChI is InChI=1S/C9H13N3O2/c10-6-12-3-4-14-5-8(12)9(13)11-7-1-2-7/h7-8H,1-5H2,(H,11,13). The van der Waals surface area contributed by atoms with E-state index in [0.29, 0.717) is 25.8 Å². The fourth-order valence-electron chi connectivity index (χ4n) is 1.47. The van der Waals surface area contributed by atoms with Crippen LogP contribution in [-0.4, -0.2) is 42.6 Å². The van der Waals surface area contributed by atoms with Crippen molar-refractivity contribution in [3.63, 3.8) is 0 Å². The molecule has 1 unspecified atom stereocenters. The predicted molar refractivity (Wildman–Crippen MR) is 48.1 cm³/mol. The topological polar surface area (TPSA) is 65.4 Å². The van der Waals surface area contributed by atoms with Crippen molar-refractivity contribution < 1.29 is 9.53 Å². The second-order valence-corrected chi connectivity index (χ2v) is 3.67. The van der Waals surface area contributed by atoms with Gasteiger partial charge in [-0.1, -0.05) is 0 Å². The molecule has 0 aromatic heterocycles. The van der Waals surface area contributed by atoms with E-state index >= 15 is 0 Å². The number of nitrogens with zero attached hydrogens (tertiary/aromatic N) is 2. The van der Waals surface area contributed by atoms with Crippen LogP contribution in [0.1, 0.15) is 12.8 Å². The summed E-state index contributed by atoms with van der Waals surface area (Å²) < 4.78 is 5.18. The predicted octanol–water partition coefficient (Wildman–Crippen LogP) is -0.553. The summed E-state index contributed by atoms with van der Waals surface area (Å²) in [6.07, 6.45) is 4.14. The summed E-state index contributed by atoms with van der Waals surface area (Å²) in [5.74, 6) is -0.0752. The van der Waals surface area contributed by atoms with Gasteiger partial charge in [-0.25, -0.2) is 0 Å². The molecule has 2 fully saturated rings. The lowest BCUT2D eigenvalue weighted by Gasteiger charge is -2.30. The Hall–Kier alpha value is -1.28. The Labute approximate surface area is 82.6 Å². The number of hydrogen-bond acceptors (Lipinski definition) is 4. The molecule has 1 heterocycles. The third-order valence-electron chi connectivity index (χ3n) is 2.48. The first-order chi connectivity index (χ1) is 6.81. The summed E-state index contributed by atoms with van der Waals surface area (Å²) in [4.78, 5) is 13.1. The van der Waals surface area contributed by atoms with Crippen LogP contribution in [0, 0.1) is 11.5 Å². The molecule has 2 aliphatic rings. The Morgan fingerprint density at radius 2 is 2.36 bits per heavy atom. The van der Waals surface area contributed by atoms with Crippen molar-refractivity contribution in [1.82, 2.24) is 10.2 Å². The molecule has 0 aromatic carbocycles. The Morgan fingerprint density at radius 3 is 3.00 bits per heavy atom. The van der Waals surface area contributed by atoms with E-state index in [2.05, 4.69) is 5.32 Å². The summed E-state index contributed by atoms with van der Waals surface area (Å²) in [6, 6.07) is -0.0840. The molecule has 0 radical (unpaired) electrons. The Kier molecular flexibility index (Phi) is 2.55. The van der Waals surface area contributed by atoms with Crippen LogP contribution in [0.3, 0.4) is 0 Å². The highest BCUT2D eigenvalue weighted by Gasteiger charge is 2.32. The lowest BCUT2D eigenvalue weighted by Crippen LogP contribution is -2.52. The summed E-state index contributed by atoms with van der Waals surface area (Å²) in [5.41, 5.74) is 0. The van der Waals surface area contributed by atoms with Gasteiger partial charge in [0, 0.05) is 6.04 Å². The number of nitriles is 1. The van der Waals surface area contributed by atoms with Gasteiger partial charge in [0.2, 0.25) is 5.91 Å². The van der Waals surface area contributed by atoms with E-state index < -0.39 is 6.04 Å². The number of carbonyl (C=O) groups is 1. The molecule has 0 bridgehead atoms. The third-order valence-corrected chi connectivity index (χ3v) is 2.48. The van der Waals surface area contributed by atoms with Crippen molar-refractivity contribution in [3.05, 3.63) is 0 Å². The molecule has 1 aliphatic heterocycles. The zero-order valence-corrected chi connectivity index (χ0v) is 7.90. The molecule has 1 saturated carbocycles. The van der Waals surface area contributed by atoms with Crippen molar-refractivity contribution in [3.8, 4) is 6.19 Å². The Balaban J connectivity index is 1.92. The number of rotatable bonds is 2. The molecule has 1 amide bonds. The maximum absolute atomic E-state index is 11.6. The minimum Gasteiger partial charge on any atom is -0.377 e. The molecule has 5 heteroatoms. The van der Waals surface area contributed by atoms with E-state index in [0.717, 1.165) is 12.8 Å². The average molecular weight is 195 g/mol. The molecule has 1 aliphatic carbocycles. The van der Waals surface area contributed by atoms with Crippen molar-refractivity contribution in [2.75, 3.05) is 19.8 Å². The van der Waals surface area contributed by atoms with Crippen LogP contribution in [0.15, 0.2) is 0 Å². The van der Waals surface area contributed by atoms with Crippen molar-refractivity contribution in [2.24, 2.45) is 0 Å². The summed E-state index contributed by atoms with van der Waals surface area (Å²) in [7, 11) is 0. The average Bonchev–Trinajstić information content (AvgIpc) is 3.01. The lowest BCUT2D eigenvalue weighted by atomic mass is 10.2. The quantitative estimate of drug-likeness (QED) is 0.600. The molecular weight excluding hydrogens is 182 g/mol. The number of ether oxygens (including phenoxy) is 1. The van der Waals surface area contributed by atoms with Crippen molar-refractivity contribution in [1.29, 1.82) is 5.26 Å². The minimum atomic E-state index is -0.422. The van der Waals surface area contributed by atoms with Gasteiger partial charge >= 0.3 is 0 Å². The van der Waals surface area contributed by atoms with E-state index in [1.165, 1.54) is 4.90 Å². The van der Waals surface area contributed by atoms with E-state index in [1.807, 2.05) is 6.19 Å². The van der Waals surface area contributed by atoms with Crippen LogP contribution < -0.4 is 5.32 Å². The molecule has 1 saturated heterocycles. The smallest absolute Gasteiger partial charge is 0.246 e. The van der Waals surface area contributed by atoms with Gasteiger partial charge in [-0.05, 0) is 12.8 Å². The van der Waals surface area contributed by atoms with Crippen LogP contribution in [0.2, 0.25) is 0 Å². The largest absolute Gasteiger partial charge is 0.377 e. The fraction of sp³-hybridized carbons (Fsp3) is 0.778. The molecular formula is C9H13N3O2. The van der Waals surface area contributed by atoms with Gasteiger partial charge in [-0.15, -0.1) is 0 Å². The first-order valence-electron chi connectivity index (χ1n) is 4.86. The van der Waals surface area contributed by atoms with Gasteiger partial charge in [0.25, 0.3) is 0 Å². The van der Waals surface area contributed by atoms with Crippen LogP contribution in [0.4, 0.5) is 0 Å². The van der Waals surface area contributed by atoms with E-state index in [4.69, 9.17) is 10.00 Å². The maximum Gasteiger partial charge on any atom is 0.246 e. The summed E-state index contributed by atoms with van der Waals surface area (Å²) in [6.45, 7) is 1.37. The van der Waals surface area contributed by atoms with Gasteiger partial charge in [0.1, 0.15) is 6.04 Å². The first kappa shape index (κ1) is 9.28. The fourth-order valence-corrected chi connectivity index (χ4v) is 1.47. The molecule has 0 spiro atoms. The molecule has 0 aromatic rings. The van der Waals surface area contributed by atoms with Crippen LogP contribution in [0.5, 0.6) is 0 Å². The van der Waals surface area contributed by atoms with E-state index in [1.54, 1.807) is 0 Å². The van der Waals surface area contributed by atoms with Gasteiger partial charge in [0.15, 0.2) is 6.19 Å². The maximum atomic E-state index is 11.6. The molecule has 76 valence electrons. The zero-order chi connectivity index (χ0) is 9.97. The highest BCUT2D eigenvalue weighted by Crippen LogP contribution is 2.19. The SMILES string of the molecule is N#CN1CCOCC1C(=O)NC1CC1. The van der Waals surface area contributed by atoms with Crippen molar-refractivity contribution in [2.45, 2.75) is 24.9 Å². The number of carbonyl (C=O) groups excluding carboxylic acids is 1. The molecule has 5 nitrogen and oxygen atoms in total. The Bertz CT molecular complexity index is 270. The van der Waals surface area contributed by atoms with E-state index in [9.17, 15) is 4.79 Å². The molecule has 14 heavy (non-hydrogen) atoms. The minimum absolute atomic E-state index is 0.0752. The zero-order valence-electron chi connectivity index (χ0n) is 7.90. The van der Waals surface area contributed by atoms with Crippen LogP contribution in [-0.2, 0) is 9.53 Å². The van der Waals surface area contributed by atoms with Gasteiger partial charge in [-0.3, -0.25) is 9.69 Å².